The number of nitrogens with zero attached hydrogens (tertiary/aromatic N) is 1. The molecule has 1 N–H and O–H groups in total. The highest BCUT2D eigenvalue weighted by atomic mass is 16.5. The van der Waals surface area contributed by atoms with Gasteiger partial charge in [0.05, 0.1) is 13.2 Å². The second-order valence-corrected chi connectivity index (χ2v) is 5.43. The second kappa shape index (κ2) is 5.99. The molecular formula is C13H26N2O. The molecule has 16 heavy (non-hydrogen) atoms. The normalized spacial score (nSPS) is 33.2. The standard InChI is InChI=1S/C13H26N2O/c1-11(2)14-12-5-3-4-6-13(12)15-7-9-16-10-8-15/h11-14H,3-10H2,1-2H3. The van der Waals surface area contributed by atoms with Gasteiger partial charge in [-0.05, 0) is 12.8 Å². The monoisotopic (exact) mass is 226 g/mol. The van der Waals surface area contributed by atoms with E-state index in [0.717, 1.165) is 32.3 Å². The highest BCUT2D eigenvalue weighted by molar-refractivity contribution is 4.89. The summed E-state index contributed by atoms with van der Waals surface area (Å²) in [6.07, 6.45) is 5.51. The van der Waals surface area contributed by atoms with Crippen LogP contribution in [0.15, 0.2) is 0 Å². The van der Waals surface area contributed by atoms with E-state index in [9.17, 15) is 0 Å². The van der Waals surface area contributed by atoms with Crippen molar-refractivity contribution in [2.75, 3.05) is 26.3 Å². The zero-order chi connectivity index (χ0) is 11.4. The number of morpholine rings is 1. The van der Waals surface area contributed by atoms with Gasteiger partial charge < -0.3 is 10.1 Å². The highest BCUT2D eigenvalue weighted by Crippen LogP contribution is 2.24. The lowest BCUT2D eigenvalue weighted by molar-refractivity contribution is -0.00110. The number of hydrogen-bond acceptors (Lipinski definition) is 3. The fourth-order valence-corrected chi connectivity index (χ4v) is 3.08. The Kier molecular flexibility index (Phi) is 4.62. The van der Waals surface area contributed by atoms with Crippen molar-refractivity contribution in [1.29, 1.82) is 0 Å². The first kappa shape index (κ1) is 12.3. The quantitative estimate of drug-likeness (QED) is 0.791. The summed E-state index contributed by atoms with van der Waals surface area (Å²) in [4.78, 5) is 2.64. The van der Waals surface area contributed by atoms with E-state index in [2.05, 4.69) is 24.1 Å². The molecule has 2 rings (SSSR count). The molecule has 1 saturated carbocycles. The van der Waals surface area contributed by atoms with Crippen LogP contribution in [-0.2, 0) is 4.74 Å². The second-order valence-electron chi connectivity index (χ2n) is 5.43. The minimum Gasteiger partial charge on any atom is -0.379 e. The van der Waals surface area contributed by atoms with Crippen LogP contribution in [0.4, 0.5) is 0 Å². The predicted molar refractivity (Wildman–Crippen MR) is 66.7 cm³/mol. The largest absolute Gasteiger partial charge is 0.379 e. The van der Waals surface area contributed by atoms with Crippen molar-refractivity contribution in [2.24, 2.45) is 0 Å². The molecule has 2 unspecified atom stereocenters. The summed E-state index contributed by atoms with van der Waals surface area (Å²) in [6.45, 7) is 8.60. The van der Waals surface area contributed by atoms with Crippen molar-refractivity contribution in [3.05, 3.63) is 0 Å². The minimum atomic E-state index is 0.603. The van der Waals surface area contributed by atoms with Crippen LogP contribution in [0.3, 0.4) is 0 Å². The van der Waals surface area contributed by atoms with E-state index in [-0.39, 0.29) is 0 Å². The van der Waals surface area contributed by atoms with Crippen LogP contribution in [0.5, 0.6) is 0 Å². The zero-order valence-electron chi connectivity index (χ0n) is 10.7. The first-order valence-electron chi connectivity index (χ1n) is 6.85. The molecule has 1 saturated heterocycles. The summed E-state index contributed by atoms with van der Waals surface area (Å²) in [7, 11) is 0. The van der Waals surface area contributed by atoms with Gasteiger partial charge in [0, 0.05) is 31.2 Å². The number of rotatable bonds is 3. The Labute approximate surface area is 99.5 Å². The average molecular weight is 226 g/mol. The first-order chi connectivity index (χ1) is 7.77. The SMILES string of the molecule is CC(C)NC1CCCCC1N1CCOCC1. The van der Waals surface area contributed by atoms with Gasteiger partial charge in [-0.25, -0.2) is 0 Å². The maximum Gasteiger partial charge on any atom is 0.0594 e. The van der Waals surface area contributed by atoms with Gasteiger partial charge >= 0.3 is 0 Å². The molecule has 0 aromatic carbocycles. The Morgan fingerprint density at radius 1 is 1.12 bits per heavy atom. The van der Waals surface area contributed by atoms with E-state index < -0.39 is 0 Å². The molecule has 2 atom stereocenters. The topological polar surface area (TPSA) is 24.5 Å². The molecule has 0 aromatic heterocycles. The fraction of sp³-hybridized carbons (Fsp3) is 1.00. The van der Waals surface area contributed by atoms with E-state index in [1.807, 2.05) is 0 Å². The van der Waals surface area contributed by atoms with Gasteiger partial charge in [0.25, 0.3) is 0 Å². The van der Waals surface area contributed by atoms with Crippen molar-refractivity contribution in [2.45, 2.75) is 57.7 Å². The molecule has 0 radical (unpaired) electrons. The van der Waals surface area contributed by atoms with Gasteiger partial charge in [0.1, 0.15) is 0 Å². The lowest BCUT2D eigenvalue weighted by atomic mass is 9.88. The summed E-state index contributed by atoms with van der Waals surface area (Å²) in [5.74, 6) is 0. The van der Waals surface area contributed by atoms with E-state index >= 15 is 0 Å². The number of ether oxygens (including phenoxy) is 1. The van der Waals surface area contributed by atoms with Gasteiger partial charge in [0.15, 0.2) is 0 Å². The molecule has 0 amide bonds. The van der Waals surface area contributed by atoms with Crippen LogP contribution in [0, 0.1) is 0 Å². The lowest BCUT2D eigenvalue weighted by Crippen LogP contribution is -2.56. The van der Waals surface area contributed by atoms with Crippen LogP contribution in [0.25, 0.3) is 0 Å². The Hall–Kier alpha value is -0.120. The fourth-order valence-electron chi connectivity index (χ4n) is 3.08. The predicted octanol–water partition coefficient (Wildman–Crippen LogP) is 1.63. The van der Waals surface area contributed by atoms with Crippen LogP contribution in [0.2, 0.25) is 0 Å². The lowest BCUT2D eigenvalue weighted by Gasteiger charge is -2.42. The van der Waals surface area contributed by atoms with Gasteiger partial charge in [-0.1, -0.05) is 26.7 Å². The van der Waals surface area contributed by atoms with E-state index in [1.54, 1.807) is 0 Å². The van der Waals surface area contributed by atoms with E-state index in [0.29, 0.717) is 12.1 Å². The van der Waals surface area contributed by atoms with Crippen LogP contribution >= 0.6 is 0 Å². The van der Waals surface area contributed by atoms with Gasteiger partial charge in [0.2, 0.25) is 0 Å². The summed E-state index contributed by atoms with van der Waals surface area (Å²) < 4.78 is 5.44. The Morgan fingerprint density at radius 3 is 2.50 bits per heavy atom. The van der Waals surface area contributed by atoms with Gasteiger partial charge in [-0.3, -0.25) is 4.90 Å². The highest BCUT2D eigenvalue weighted by Gasteiger charge is 2.30. The van der Waals surface area contributed by atoms with Crippen molar-refractivity contribution in [1.82, 2.24) is 10.2 Å². The molecule has 0 aromatic rings. The maximum absolute atomic E-state index is 5.44. The molecule has 0 spiro atoms. The molecule has 1 aliphatic carbocycles. The van der Waals surface area contributed by atoms with Crippen LogP contribution < -0.4 is 5.32 Å². The van der Waals surface area contributed by atoms with Crippen molar-refractivity contribution < 1.29 is 4.74 Å². The zero-order valence-corrected chi connectivity index (χ0v) is 10.7. The molecule has 2 aliphatic rings. The molecule has 1 aliphatic heterocycles. The van der Waals surface area contributed by atoms with Crippen LogP contribution in [0.1, 0.15) is 39.5 Å². The molecule has 3 nitrogen and oxygen atoms in total. The molecule has 1 heterocycles. The summed E-state index contributed by atoms with van der Waals surface area (Å²) in [6, 6.07) is 2.05. The minimum absolute atomic E-state index is 0.603. The number of hydrogen-bond donors (Lipinski definition) is 1. The molecule has 3 heteroatoms. The first-order valence-corrected chi connectivity index (χ1v) is 6.85. The van der Waals surface area contributed by atoms with Gasteiger partial charge in [-0.2, -0.15) is 0 Å². The molecular weight excluding hydrogens is 200 g/mol. The third-order valence-corrected chi connectivity index (χ3v) is 3.79. The van der Waals surface area contributed by atoms with Crippen LogP contribution in [-0.4, -0.2) is 49.3 Å². The average Bonchev–Trinajstić information content (AvgIpc) is 2.30. The maximum atomic E-state index is 5.44. The van der Waals surface area contributed by atoms with Crippen molar-refractivity contribution in [3.8, 4) is 0 Å². The van der Waals surface area contributed by atoms with E-state index in [4.69, 9.17) is 4.74 Å². The summed E-state index contributed by atoms with van der Waals surface area (Å²) in [5.41, 5.74) is 0. The summed E-state index contributed by atoms with van der Waals surface area (Å²) in [5, 5.41) is 3.75. The third kappa shape index (κ3) is 3.19. The Balaban J connectivity index is 1.92. The van der Waals surface area contributed by atoms with E-state index in [1.165, 1.54) is 25.7 Å². The van der Waals surface area contributed by atoms with Gasteiger partial charge in [-0.15, -0.1) is 0 Å². The molecule has 0 bridgehead atoms. The number of nitrogens with one attached hydrogen (secondary N) is 1. The third-order valence-electron chi connectivity index (χ3n) is 3.79. The molecule has 94 valence electrons. The van der Waals surface area contributed by atoms with Crippen molar-refractivity contribution >= 4 is 0 Å². The Morgan fingerprint density at radius 2 is 1.81 bits per heavy atom. The Bertz CT molecular complexity index is 202. The summed E-state index contributed by atoms with van der Waals surface area (Å²) >= 11 is 0. The van der Waals surface area contributed by atoms with Crippen molar-refractivity contribution in [3.63, 3.8) is 0 Å². The molecule has 2 fully saturated rings. The smallest absolute Gasteiger partial charge is 0.0594 e.